The van der Waals surface area contributed by atoms with E-state index in [1.165, 1.54) is 19.3 Å². The first kappa shape index (κ1) is 21.8. The monoisotopic (exact) mass is 318 g/mol. The van der Waals surface area contributed by atoms with Gasteiger partial charge in [0.15, 0.2) is 0 Å². The van der Waals surface area contributed by atoms with E-state index in [1.807, 2.05) is 48.5 Å². The second-order valence-corrected chi connectivity index (χ2v) is 8.09. The first-order valence-electron chi connectivity index (χ1n) is 8.72. The molecule has 0 heterocycles. The van der Waals surface area contributed by atoms with Crippen molar-refractivity contribution in [2.75, 3.05) is 0 Å². The number of unbranched alkanes of at least 4 members (excludes halogenated alkanes) is 2. The van der Waals surface area contributed by atoms with Crippen LogP contribution < -0.4 is 0 Å². The van der Waals surface area contributed by atoms with Crippen LogP contribution in [0.5, 0.6) is 0 Å². The quantitative estimate of drug-likeness (QED) is 0.282. The van der Waals surface area contributed by atoms with E-state index < -0.39 is 0 Å². The summed E-state index contributed by atoms with van der Waals surface area (Å²) in [6.45, 7) is 16.2. The standard InChI is InChI=1S/C18H38O4/c1-9-10-11-12-16(20-22-18(6,7)8)14-13-15(2)19-21-17(3,4)5/h15-16H,9-14H2,1-8H3. The Morgan fingerprint density at radius 3 is 1.77 bits per heavy atom. The highest BCUT2D eigenvalue weighted by Crippen LogP contribution is 2.19. The molecular formula is C18H38O4. The Morgan fingerprint density at radius 1 is 0.727 bits per heavy atom. The Hall–Kier alpha value is -0.160. The minimum Gasteiger partial charge on any atom is -0.233 e. The molecule has 0 saturated carbocycles. The maximum atomic E-state index is 5.65. The molecule has 0 aromatic rings. The van der Waals surface area contributed by atoms with Gasteiger partial charge >= 0.3 is 0 Å². The molecule has 0 N–H and O–H groups in total. The van der Waals surface area contributed by atoms with E-state index in [4.69, 9.17) is 19.6 Å². The third kappa shape index (κ3) is 14.8. The van der Waals surface area contributed by atoms with Gasteiger partial charge in [0.1, 0.15) is 0 Å². The molecule has 2 atom stereocenters. The summed E-state index contributed by atoms with van der Waals surface area (Å²) < 4.78 is 0. The van der Waals surface area contributed by atoms with Crippen LogP contribution in [0.25, 0.3) is 0 Å². The van der Waals surface area contributed by atoms with Crippen LogP contribution in [0.4, 0.5) is 0 Å². The van der Waals surface area contributed by atoms with Crippen molar-refractivity contribution in [2.45, 2.75) is 117 Å². The van der Waals surface area contributed by atoms with E-state index in [2.05, 4.69) is 6.92 Å². The first-order valence-corrected chi connectivity index (χ1v) is 8.72. The molecular weight excluding hydrogens is 280 g/mol. The van der Waals surface area contributed by atoms with E-state index in [0.29, 0.717) is 0 Å². The second kappa shape index (κ2) is 10.6. The fraction of sp³-hybridized carbons (Fsp3) is 1.00. The molecule has 0 aliphatic heterocycles. The molecule has 0 aliphatic carbocycles. The molecule has 0 aromatic heterocycles. The SMILES string of the molecule is CCCCCC(CCC(C)OOC(C)(C)C)OOC(C)(C)C. The van der Waals surface area contributed by atoms with Gasteiger partial charge in [-0.2, -0.15) is 0 Å². The Labute approximate surface area is 137 Å². The fourth-order valence-electron chi connectivity index (χ4n) is 1.77. The van der Waals surface area contributed by atoms with E-state index in [0.717, 1.165) is 19.3 Å². The third-order valence-electron chi connectivity index (χ3n) is 2.92. The Kier molecular flexibility index (Phi) is 10.5. The van der Waals surface area contributed by atoms with Crippen molar-refractivity contribution in [2.24, 2.45) is 0 Å². The normalized spacial score (nSPS) is 15.8. The molecule has 0 radical (unpaired) electrons. The lowest BCUT2D eigenvalue weighted by Gasteiger charge is -2.25. The Bertz CT molecular complexity index is 265. The summed E-state index contributed by atoms with van der Waals surface area (Å²) in [6, 6.07) is 0. The maximum absolute atomic E-state index is 5.65. The molecule has 0 aromatic carbocycles. The second-order valence-electron chi connectivity index (χ2n) is 8.09. The highest BCUT2D eigenvalue weighted by molar-refractivity contribution is 4.62. The molecule has 0 rings (SSSR count). The van der Waals surface area contributed by atoms with Crippen LogP contribution in [0, 0.1) is 0 Å². The molecule has 134 valence electrons. The zero-order valence-corrected chi connectivity index (χ0v) is 16.0. The average Bonchev–Trinajstić information content (AvgIpc) is 2.37. The number of rotatable bonds is 11. The van der Waals surface area contributed by atoms with Gasteiger partial charge in [0.25, 0.3) is 0 Å². The topological polar surface area (TPSA) is 36.9 Å². The van der Waals surface area contributed by atoms with Crippen molar-refractivity contribution in [3.8, 4) is 0 Å². The molecule has 0 spiro atoms. The van der Waals surface area contributed by atoms with E-state index in [-0.39, 0.29) is 23.4 Å². The summed E-state index contributed by atoms with van der Waals surface area (Å²) in [4.78, 5) is 21.9. The molecule has 0 saturated heterocycles. The van der Waals surface area contributed by atoms with Gasteiger partial charge in [-0.1, -0.05) is 26.2 Å². The predicted octanol–water partition coefficient (Wildman–Crippen LogP) is 5.60. The summed E-state index contributed by atoms with van der Waals surface area (Å²) in [6.07, 6.45) is 6.60. The van der Waals surface area contributed by atoms with Crippen molar-refractivity contribution in [3.05, 3.63) is 0 Å². The summed E-state index contributed by atoms with van der Waals surface area (Å²) >= 11 is 0. The van der Waals surface area contributed by atoms with Crippen molar-refractivity contribution in [1.82, 2.24) is 0 Å². The van der Waals surface area contributed by atoms with Crippen LogP contribution in [0.2, 0.25) is 0 Å². The Balaban J connectivity index is 4.14. The van der Waals surface area contributed by atoms with E-state index in [1.54, 1.807) is 0 Å². The summed E-state index contributed by atoms with van der Waals surface area (Å²) in [5.74, 6) is 0. The lowest BCUT2D eigenvalue weighted by molar-refractivity contribution is -0.382. The minimum absolute atomic E-state index is 0.0473. The van der Waals surface area contributed by atoms with Crippen LogP contribution in [0.15, 0.2) is 0 Å². The van der Waals surface area contributed by atoms with Crippen LogP contribution in [0.3, 0.4) is 0 Å². The zero-order valence-electron chi connectivity index (χ0n) is 16.0. The molecule has 4 nitrogen and oxygen atoms in total. The summed E-state index contributed by atoms with van der Waals surface area (Å²) in [5, 5.41) is 0. The van der Waals surface area contributed by atoms with Gasteiger partial charge in [0.2, 0.25) is 0 Å². The van der Waals surface area contributed by atoms with Crippen LogP contribution in [-0.2, 0) is 19.6 Å². The van der Waals surface area contributed by atoms with Gasteiger partial charge in [-0.15, -0.1) is 0 Å². The van der Waals surface area contributed by atoms with Gasteiger partial charge in [0, 0.05) is 0 Å². The average molecular weight is 318 g/mol. The molecule has 22 heavy (non-hydrogen) atoms. The van der Waals surface area contributed by atoms with Gasteiger partial charge in [-0.05, 0) is 67.7 Å². The van der Waals surface area contributed by atoms with Crippen molar-refractivity contribution in [1.29, 1.82) is 0 Å². The van der Waals surface area contributed by atoms with Gasteiger partial charge in [0.05, 0.1) is 23.4 Å². The van der Waals surface area contributed by atoms with Crippen LogP contribution >= 0.6 is 0 Å². The lowest BCUT2D eigenvalue weighted by Crippen LogP contribution is -2.26. The highest BCUT2D eigenvalue weighted by Gasteiger charge is 2.19. The van der Waals surface area contributed by atoms with Crippen molar-refractivity contribution < 1.29 is 19.6 Å². The molecule has 4 heteroatoms. The lowest BCUT2D eigenvalue weighted by atomic mass is 10.0. The largest absolute Gasteiger partial charge is 0.233 e. The van der Waals surface area contributed by atoms with Crippen LogP contribution in [0.1, 0.15) is 93.9 Å². The van der Waals surface area contributed by atoms with Crippen LogP contribution in [-0.4, -0.2) is 23.4 Å². The Morgan fingerprint density at radius 2 is 1.27 bits per heavy atom. The minimum atomic E-state index is -0.277. The smallest absolute Gasteiger partial charge is 0.0952 e. The van der Waals surface area contributed by atoms with Gasteiger partial charge in [-0.3, -0.25) is 0 Å². The number of hydrogen-bond acceptors (Lipinski definition) is 4. The highest BCUT2D eigenvalue weighted by atomic mass is 17.2. The zero-order chi connectivity index (χ0) is 17.2. The van der Waals surface area contributed by atoms with E-state index in [9.17, 15) is 0 Å². The van der Waals surface area contributed by atoms with Crippen molar-refractivity contribution >= 4 is 0 Å². The fourth-order valence-corrected chi connectivity index (χ4v) is 1.77. The molecule has 0 amide bonds. The van der Waals surface area contributed by atoms with Gasteiger partial charge < -0.3 is 0 Å². The molecule has 2 unspecified atom stereocenters. The predicted molar refractivity (Wildman–Crippen MR) is 90.5 cm³/mol. The van der Waals surface area contributed by atoms with Gasteiger partial charge in [-0.25, -0.2) is 19.6 Å². The van der Waals surface area contributed by atoms with E-state index >= 15 is 0 Å². The molecule has 0 bridgehead atoms. The molecule has 0 aliphatic rings. The maximum Gasteiger partial charge on any atom is 0.0952 e. The third-order valence-corrected chi connectivity index (χ3v) is 2.92. The first-order chi connectivity index (χ1) is 10.0. The van der Waals surface area contributed by atoms with Crippen molar-refractivity contribution in [3.63, 3.8) is 0 Å². The summed E-state index contributed by atoms with van der Waals surface area (Å²) in [7, 11) is 0. The summed E-state index contributed by atoms with van der Waals surface area (Å²) in [5.41, 5.74) is -0.554. The number of hydrogen-bond donors (Lipinski definition) is 0. The molecule has 0 fully saturated rings.